The molecule has 1 aliphatic rings. The Hall–Kier alpha value is -2.37. The van der Waals surface area contributed by atoms with Gasteiger partial charge in [0.25, 0.3) is 0 Å². The van der Waals surface area contributed by atoms with Crippen molar-refractivity contribution < 1.29 is 34.0 Å². The van der Waals surface area contributed by atoms with E-state index < -0.39 is 48.9 Å². The molecule has 1 aliphatic heterocycles. The molecule has 0 unspecified atom stereocenters. The predicted octanol–water partition coefficient (Wildman–Crippen LogP) is 1.25. The van der Waals surface area contributed by atoms with Crippen LogP contribution in [0.15, 0.2) is 16.8 Å². The number of methoxy groups -OCH3 is 1. The maximum Gasteiger partial charge on any atom is 0.373 e. The van der Waals surface area contributed by atoms with Crippen molar-refractivity contribution in [3.8, 4) is 0 Å². The number of amides is 1. The molecule has 0 bridgehead atoms. The van der Waals surface area contributed by atoms with Gasteiger partial charge in [-0.1, -0.05) is 64.7 Å². The number of carbonyl (C=O) groups excluding carboxylic acids is 2. The van der Waals surface area contributed by atoms with Crippen LogP contribution in [0.25, 0.3) is 0 Å². The van der Waals surface area contributed by atoms with E-state index in [4.69, 9.17) is 25.7 Å². The average molecular weight is 515 g/mol. The van der Waals surface area contributed by atoms with Gasteiger partial charge >= 0.3 is 5.97 Å². The van der Waals surface area contributed by atoms with Crippen LogP contribution in [-0.2, 0) is 23.8 Å². The Labute approximate surface area is 214 Å². The summed E-state index contributed by atoms with van der Waals surface area (Å²) in [7, 11) is 1.31. The van der Waals surface area contributed by atoms with Gasteiger partial charge in [0.2, 0.25) is 11.7 Å². The van der Waals surface area contributed by atoms with Crippen molar-refractivity contribution in [3.63, 3.8) is 0 Å². The van der Waals surface area contributed by atoms with Gasteiger partial charge in [-0.15, -0.1) is 0 Å². The van der Waals surface area contributed by atoms with Crippen LogP contribution < -0.4 is 16.8 Å². The Morgan fingerprint density at radius 2 is 1.69 bits per heavy atom. The highest BCUT2D eigenvalue weighted by molar-refractivity contribution is 5.87. The third-order valence-corrected chi connectivity index (χ3v) is 6.07. The molecule has 7 N–H and O–H groups in total. The first kappa shape index (κ1) is 31.7. The summed E-state index contributed by atoms with van der Waals surface area (Å²) in [6.07, 6.45) is 9.46. The lowest BCUT2D eigenvalue weighted by Gasteiger charge is -2.40. The fourth-order valence-electron chi connectivity index (χ4n) is 4.23. The Morgan fingerprint density at radius 3 is 2.19 bits per heavy atom. The second kappa shape index (κ2) is 18.0. The number of guanidine groups is 1. The van der Waals surface area contributed by atoms with Crippen LogP contribution in [0.5, 0.6) is 0 Å². The largest absolute Gasteiger partial charge is 0.478 e. The standard InChI is InChI=1S/C25H46N4O7/c1-4-5-6-7-8-9-10-11-12-13-14-35-24(33)20-15-18(29-25(26)27)21(28-17(2)31)23(36-20)22(34-3)19(32)16-30/h15,18-19,21-23,30,32H,4-14,16H2,1-3H3,(H,28,31)(H4,26,27,29)/t18-,19+,21+,22+,23+/m0/s1. The Bertz CT molecular complexity index is 713. The highest BCUT2D eigenvalue weighted by Crippen LogP contribution is 2.26. The minimum atomic E-state index is -1.35. The highest BCUT2D eigenvalue weighted by atomic mass is 16.6. The molecule has 1 rings (SSSR count). The number of nitrogens with two attached hydrogens (primary N) is 2. The van der Waals surface area contributed by atoms with Crippen molar-refractivity contribution in [2.75, 3.05) is 20.3 Å². The maximum absolute atomic E-state index is 12.7. The molecule has 0 aromatic heterocycles. The molecule has 1 amide bonds. The smallest absolute Gasteiger partial charge is 0.373 e. The predicted molar refractivity (Wildman–Crippen MR) is 137 cm³/mol. The molecular formula is C25H46N4O7. The topological polar surface area (TPSA) is 179 Å². The number of rotatable bonds is 18. The number of ether oxygens (including phenoxy) is 3. The summed E-state index contributed by atoms with van der Waals surface area (Å²) in [6.45, 7) is 3.12. The molecule has 0 fully saturated rings. The van der Waals surface area contributed by atoms with Crippen LogP contribution in [0.4, 0.5) is 0 Å². The van der Waals surface area contributed by atoms with E-state index >= 15 is 0 Å². The van der Waals surface area contributed by atoms with E-state index in [2.05, 4.69) is 17.2 Å². The van der Waals surface area contributed by atoms with Crippen LogP contribution in [0.1, 0.15) is 78.1 Å². The van der Waals surface area contributed by atoms with Gasteiger partial charge in [0.1, 0.15) is 12.2 Å². The first-order valence-corrected chi connectivity index (χ1v) is 13.0. The Morgan fingerprint density at radius 1 is 1.11 bits per heavy atom. The van der Waals surface area contributed by atoms with Crippen LogP contribution in [0.3, 0.4) is 0 Å². The van der Waals surface area contributed by atoms with Crippen molar-refractivity contribution in [1.82, 2.24) is 5.32 Å². The van der Waals surface area contributed by atoms with Gasteiger partial charge in [-0.05, 0) is 12.5 Å². The number of hydrogen-bond donors (Lipinski definition) is 5. The number of aliphatic hydroxyl groups is 2. The SMILES string of the molecule is CCCCCCCCCCCCOC(=O)C1=C[C@H](N=C(N)N)[C@@H](NC(C)=O)[C@H]([C@H](OC)[C@H](O)CO)O1. The summed E-state index contributed by atoms with van der Waals surface area (Å²) >= 11 is 0. The van der Waals surface area contributed by atoms with Crippen LogP contribution >= 0.6 is 0 Å². The van der Waals surface area contributed by atoms with Crippen molar-refractivity contribution >= 4 is 17.8 Å². The van der Waals surface area contributed by atoms with Gasteiger partial charge in [-0.25, -0.2) is 9.79 Å². The highest BCUT2D eigenvalue weighted by Gasteiger charge is 2.44. The molecule has 0 aromatic carbocycles. The first-order valence-electron chi connectivity index (χ1n) is 13.0. The van der Waals surface area contributed by atoms with Crippen LogP contribution in [-0.4, -0.2) is 78.8 Å². The second-order valence-corrected chi connectivity index (χ2v) is 9.15. The number of hydrogen-bond acceptors (Lipinski definition) is 8. The van der Waals surface area contributed by atoms with Crippen molar-refractivity contribution in [2.24, 2.45) is 16.5 Å². The molecule has 36 heavy (non-hydrogen) atoms. The lowest BCUT2D eigenvalue weighted by atomic mass is 9.92. The fraction of sp³-hybridized carbons (Fsp3) is 0.800. The van der Waals surface area contributed by atoms with Crippen molar-refractivity contribution in [3.05, 3.63) is 11.8 Å². The van der Waals surface area contributed by atoms with Gasteiger partial charge < -0.3 is 41.2 Å². The number of carbonyl (C=O) groups is 2. The lowest BCUT2D eigenvalue weighted by molar-refractivity contribution is -0.154. The first-order chi connectivity index (χ1) is 17.2. The van der Waals surface area contributed by atoms with Gasteiger partial charge in [0.05, 0.1) is 25.3 Å². The van der Waals surface area contributed by atoms with E-state index in [1.54, 1.807) is 0 Å². The Balaban J connectivity index is 2.74. The number of esters is 1. The van der Waals surface area contributed by atoms with E-state index in [0.29, 0.717) is 0 Å². The second-order valence-electron chi connectivity index (χ2n) is 9.15. The molecule has 208 valence electrons. The van der Waals surface area contributed by atoms with Gasteiger partial charge in [0.15, 0.2) is 12.1 Å². The van der Waals surface area contributed by atoms with Crippen LogP contribution in [0.2, 0.25) is 0 Å². The monoisotopic (exact) mass is 514 g/mol. The molecule has 1 heterocycles. The maximum atomic E-state index is 12.7. The third-order valence-electron chi connectivity index (χ3n) is 6.07. The minimum Gasteiger partial charge on any atom is -0.478 e. The summed E-state index contributed by atoms with van der Waals surface area (Å²) in [5.74, 6) is -1.53. The molecule has 0 saturated carbocycles. The number of nitrogens with zero attached hydrogens (tertiary/aromatic N) is 1. The zero-order valence-electron chi connectivity index (χ0n) is 22.0. The summed E-state index contributed by atoms with van der Waals surface area (Å²) < 4.78 is 16.5. The van der Waals surface area contributed by atoms with Crippen molar-refractivity contribution in [2.45, 2.75) is 108 Å². The molecule has 0 aliphatic carbocycles. The molecule has 0 saturated heterocycles. The van der Waals surface area contributed by atoms with E-state index in [-0.39, 0.29) is 18.3 Å². The van der Waals surface area contributed by atoms with E-state index in [0.717, 1.165) is 19.3 Å². The number of nitrogens with one attached hydrogen (secondary N) is 1. The van der Waals surface area contributed by atoms with Gasteiger partial charge in [-0.2, -0.15) is 0 Å². The summed E-state index contributed by atoms with van der Waals surface area (Å²) in [5.41, 5.74) is 11.1. The quantitative estimate of drug-likeness (QED) is 0.0779. The average Bonchev–Trinajstić information content (AvgIpc) is 2.83. The van der Waals surface area contributed by atoms with Gasteiger partial charge in [-0.3, -0.25) is 4.79 Å². The van der Waals surface area contributed by atoms with Gasteiger partial charge in [0, 0.05) is 14.0 Å². The van der Waals surface area contributed by atoms with E-state index in [9.17, 15) is 19.8 Å². The van der Waals surface area contributed by atoms with E-state index in [1.807, 2.05) is 0 Å². The molecule has 0 radical (unpaired) electrons. The molecule has 0 spiro atoms. The molecule has 0 aromatic rings. The number of aliphatic imine (C=N–C) groups is 1. The number of aliphatic hydroxyl groups excluding tert-OH is 2. The lowest BCUT2D eigenvalue weighted by Crippen LogP contribution is -2.60. The van der Waals surface area contributed by atoms with E-state index in [1.165, 1.54) is 65.1 Å². The summed E-state index contributed by atoms with van der Waals surface area (Å²) in [4.78, 5) is 28.7. The number of unbranched alkanes of at least 4 members (excludes halogenated alkanes) is 9. The summed E-state index contributed by atoms with van der Waals surface area (Å²) in [5, 5.41) is 22.4. The Kier molecular flexibility index (Phi) is 15.8. The molecule has 11 heteroatoms. The van der Waals surface area contributed by atoms with Crippen LogP contribution in [0, 0.1) is 0 Å². The molecule has 5 atom stereocenters. The zero-order valence-corrected chi connectivity index (χ0v) is 22.0. The summed E-state index contributed by atoms with van der Waals surface area (Å²) in [6, 6.07) is -1.77. The fourth-order valence-corrected chi connectivity index (χ4v) is 4.23. The minimum absolute atomic E-state index is 0.157. The molecular weight excluding hydrogens is 468 g/mol. The zero-order chi connectivity index (χ0) is 26.9. The molecule has 11 nitrogen and oxygen atoms in total. The van der Waals surface area contributed by atoms with Crippen molar-refractivity contribution in [1.29, 1.82) is 0 Å². The normalized spacial score (nSPS) is 21.0. The third kappa shape index (κ3) is 11.6.